The van der Waals surface area contributed by atoms with Gasteiger partial charge in [-0.3, -0.25) is 9.59 Å². The van der Waals surface area contributed by atoms with Gasteiger partial charge in [0, 0.05) is 12.0 Å². The predicted molar refractivity (Wildman–Crippen MR) is 47.5 cm³/mol. The van der Waals surface area contributed by atoms with Crippen molar-refractivity contribution in [1.82, 2.24) is 0 Å². The Hall–Kier alpha value is -1.48. The first-order valence-corrected chi connectivity index (χ1v) is 4.10. The van der Waals surface area contributed by atoms with E-state index in [9.17, 15) is 9.59 Å². The van der Waals surface area contributed by atoms with Crippen LogP contribution in [-0.2, 0) is 11.2 Å². The van der Waals surface area contributed by atoms with Crippen molar-refractivity contribution in [2.75, 3.05) is 0 Å². The first-order valence-electron chi connectivity index (χ1n) is 4.10. The number of Topliss-reactive ketones (excluding diaryl/α,β-unsaturated/α-hetero) is 2. The van der Waals surface area contributed by atoms with Crippen molar-refractivity contribution >= 4 is 11.6 Å². The molecular weight excluding hydrogens is 166 g/mol. The summed E-state index contributed by atoms with van der Waals surface area (Å²) in [6.45, 7) is 0. The Morgan fingerprint density at radius 2 is 1.92 bits per heavy atom. The zero-order chi connectivity index (χ0) is 9.42. The van der Waals surface area contributed by atoms with Crippen molar-refractivity contribution < 1.29 is 9.59 Å². The standard InChI is InChI=1S/C10H9NO2/c11-9-8(12)5-6-3-1-2-4-7(6)10(9)13/h1-4,9H,5,11H2. The minimum absolute atomic E-state index is 0.191. The average Bonchev–Trinajstić information content (AvgIpc) is 2.15. The SMILES string of the molecule is NC1C(=O)Cc2ccccc2C1=O. The molecule has 1 unspecified atom stereocenters. The Morgan fingerprint density at radius 3 is 2.69 bits per heavy atom. The lowest BCUT2D eigenvalue weighted by Crippen LogP contribution is -2.43. The fraction of sp³-hybridized carbons (Fsp3) is 0.200. The highest BCUT2D eigenvalue weighted by atomic mass is 16.2. The van der Waals surface area contributed by atoms with Crippen LogP contribution in [0.25, 0.3) is 0 Å². The van der Waals surface area contributed by atoms with Gasteiger partial charge >= 0.3 is 0 Å². The van der Waals surface area contributed by atoms with Crippen LogP contribution in [0.5, 0.6) is 0 Å². The minimum atomic E-state index is -0.949. The van der Waals surface area contributed by atoms with Gasteiger partial charge in [-0.25, -0.2) is 0 Å². The van der Waals surface area contributed by atoms with E-state index in [0.717, 1.165) is 5.56 Å². The van der Waals surface area contributed by atoms with Crippen LogP contribution in [0.15, 0.2) is 24.3 Å². The summed E-state index contributed by atoms with van der Waals surface area (Å²) in [7, 11) is 0. The number of rotatable bonds is 0. The molecule has 0 bridgehead atoms. The topological polar surface area (TPSA) is 60.2 Å². The van der Waals surface area contributed by atoms with Gasteiger partial charge in [-0.05, 0) is 5.56 Å². The summed E-state index contributed by atoms with van der Waals surface area (Å²) in [6.07, 6.45) is 0.281. The lowest BCUT2D eigenvalue weighted by atomic mass is 9.87. The Bertz CT molecular complexity index is 384. The van der Waals surface area contributed by atoms with Crippen LogP contribution in [0.3, 0.4) is 0 Å². The highest BCUT2D eigenvalue weighted by Crippen LogP contribution is 2.17. The van der Waals surface area contributed by atoms with Gasteiger partial charge in [-0.15, -0.1) is 0 Å². The predicted octanol–water partition coefficient (Wildman–Crippen LogP) is 0.322. The van der Waals surface area contributed by atoms with Crippen molar-refractivity contribution in [2.45, 2.75) is 12.5 Å². The van der Waals surface area contributed by atoms with E-state index in [1.54, 1.807) is 18.2 Å². The van der Waals surface area contributed by atoms with E-state index in [2.05, 4.69) is 0 Å². The van der Waals surface area contributed by atoms with E-state index in [-0.39, 0.29) is 18.0 Å². The van der Waals surface area contributed by atoms with Crippen molar-refractivity contribution in [2.24, 2.45) is 5.73 Å². The number of nitrogens with two attached hydrogens (primary N) is 1. The van der Waals surface area contributed by atoms with Crippen LogP contribution < -0.4 is 5.73 Å². The summed E-state index contributed by atoms with van der Waals surface area (Å²) in [5.41, 5.74) is 6.82. The summed E-state index contributed by atoms with van der Waals surface area (Å²) in [4.78, 5) is 22.7. The van der Waals surface area contributed by atoms with Crippen LogP contribution in [0.4, 0.5) is 0 Å². The average molecular weight is 175 g/mol. The molecule has 2 rings (SSSR count). The molecule has 1 atom stereocenters. The maximum Gasteiger partial charge on any atom is 0.187 e. The second-order valence-corrected chi connectivity index (χ2v) is 3.14. The van der Waals surface area contributed by atoms with E-state index in [4.69, 9.17) is 5.73 Å². The lowest BCUT2D eigenvalue weighted by molar-refractivity contribution is -0.118. The smallest absolute Gasteiger partial charge is 0.187 e. The molecule has 0 amide bonds. The van der Waals surface area contributed by atoms with Crippen molar-refractivity contribution in [1.29, 1.82) is 0 Å². The Labute approximate surface area is 75.5 Å². The molecule has 0 radical (unpaired) electrons. The second-order valence-electron chi connectivity index (χ2n) is 3.14. The normalized spacial score (nSPS) is 21.5. The maximum atomic E-state index is 11.5. The zero-order valence-electron chi connectivity index (χ0n) is 6.99. The van der Waals surface area contributed by atoms with Crippen LogP contribution in [0.1, 0.15) is 15.9 Å². The fourth-order valence-electron chi connectivity index (χ4n) is 1.53. The first-order chi connectivity index (χ1) is 6.20. The molecular formula is C10H9NO2. The molecule has 0 fully saturated rings. The molecule has 0 aromatic heterocycles. The van der Waals surface area contributed by atoms with Gasteiger partial charge in [0.25, 0.3) is 0 Å². The summed E-state index contributed by atoms with van der Waals surface area (Å²) < 4.78 is 0. The van der Waals surface area contributed by atoms with Crippen molar-refractivity contribution in [3.63, 3.8) is 0 Å². The lowest BCUT2D eigenvalue weighted by Gasteiger charge is -2.18. The molecule has 2 N–H and O–H groups in total. The third kappa shape index (κ3) is 1.17. The van der Waals surface area contributed by atoms with Crippen LogP contribution in [0, 0.1) is 0 Å². The largest absolute Gasteiger partial charge is 0.315 e. The molecule has 3 heteroatoms. The number of ketones is 2. The molecule has 1 aliphatic carbocycles. The molecule has 0 heterocycles. The first kappa shape index (κ1) is 8.13. The third-order valence-corrected chi connectivity index (χ3v) is 2.28. The molecule has 1 aliphatic rings. The molecule has 3 nitrogen and oxygen atoms in total. The van der Waals surface area contributed by atoms with Crippen LogP contribution >= 0.6 is 0 Å². The molecule has 0 saturated heterocycles. The summed E-state index contributed by atoms with van der Waals surface area (Å²) in [5.74, 6) is -0.449. The molecule has 1 aromatic rings. The highest BCUT2D eigenvalue weighted by Gasteiger charge is 2.30. The van der Waals surface area contributed by atoms with Gasteiger partial charge in [-0.1, -0.05) is 24.3 Å². The fourth-order valence-corrected chi connectivity index (χ4v) is 1.53. The van der Waals surface area contributed by atoms with Gasteiger partial charge in [0.1, 0.15) is 6.04 Å². The summed E-state index contributed by atoms with van der Waals surface area (Å²) in [6, 6.07) is 6.14. The second kappa shape index (κ2) is 2.78. The minimum Gasteiger partial charge on any atom is -0.315 e. The maximum absolute atomic E-state index is 11.5. The number of carbonyl (C=O) groups is 2. The van der Waals surface area contributed by atoms with Gasteiger partial charge in [0.15, 0.2) is 11.6 Å². The highest BCUT2D eigenvalue weighted by molar-refractivity contribution is 6.18. The number of fused-ring (bicyclic) bond motifs is 1. The van der Waals surface area contributed by atoms with Crippen molar-refractivity contribution in [3.05, 3.63) is 35.4 Å². The number of benzene rings is 1. The Morgan fingerprint density at radius 1 is 1.23 bits per heavy atom. The monoisotopic (exact) mass is 175 g/mol. The van der Waals surface area contributed by atoms with Gasteiger partial charge in [-0.2, -0.15) is 0 Å². The zero-order valence-corrected chi connectivity index (χ0v) is 6.99. The third-order valence-electron chi connectivity index (χ3n) is 2.28. The van der Waals surface area contributed by atoms with Crippen LogP contribution in [-0.4, -0.2) is 17.6 Å². The van der Waals surface area contributed by atoms with Crippen LogP contribution in [0.2, 0.25) is 0 Å². The number of hydrogen-bond donors (Lipinski definition) is 1. The molecule has 1 aromatic carbocycles. The Balaban J connectivity index is 2.55. The molecule has 66 valence electrons. The number of hydrogen-bond acceptors (Lipinski definition) is 3. The van der Waals surface area contributed by atoms with E-state index in [1.165, 1.54) is 0 Å². The van der Waals surface area contributed by atoms with Gasteiger partial charge in [0.05, 0.1) is 0 Å². The molecule has 0 spiro atoms. The number of carbonyl (C=O) groups excluding carboxylic acids is 2. The molecule has 0 saturated carbocycles. The van der Waals surface area contributed by atoms with E-state index >= 15 is 0 Å². The molecule has 0 aliphatic heterocycles. The molecule has 13 heavy (non-hydrogen) atoms. The summed E-state index contributed by atoms with van der Waals surface area (Å²) >= 11 is 0. The quantitative estimate of drug-likeness (QED) is 0.578. The van der Waals surface area contributed by atoms with Crippen molar-refractivity contribution in [3.8, 4) is 0 Å². The van der Waals surface area contributed by atoms with E-state index < -0.39 is 6.04 Å². The van der Waals surface area contributed by atoms with Gasteiger partial charge < -0.3 is 5.73 Å². The summed E-state index contributed by atoms with van der Waals surface area (Å²) in [5, 5.41) is 0. The van der Waals surface area contributed by atoms with E-state index in [0.29, 0.717) is 5.56 Å². The van der Waals surface area contributed by atoms with E-state index in [1.807, 2.05) is 6.07 Å². The Kier molecular flexibility index (Phi) is 1.74. The van der Waals surface area contributed by atoms with Gasteiger partial charge in [0.2, 0.25) is 0 Å².